The van der Waals surface area contributed by atoms with E-state index in [-0.39, 0.29) is 5.78 Å². The van der Waals surface area contributed by atoms with Crippen molar-refractivity contribution in [1.29, 1.82) is 0 Å². The predicted molar refractivity (Wildman–Crippen MR) is 35.2 cm³/mol. The van der Waals surface area contributed by atoms with Gasteiger partial charge in [-0.3, -0.25) is 4.79 Å². The third kappa shape index (κ3) is 3.88. The van der Waals surface area contributed by atoms with E-state index in [1.54, 1.807) is 6.08 Å². The van der Waals surface area contributed by atoms with Crippen LogP contribution in [0.3, 0.4) is 0 Å². The van der Waals surface area contributed by atoms with E-state index in [1.165, 1.54) is 6.08 Å². The molecule has 0 aromatic carbocycles. The van der Waals surface area contributed by atoms with E-state index in [0.29, 0.717) is 12.3 Å². The molecule has 0 aromatic heterocycles. The van der Waals surface area contributed by atoms with Gasteiger partial charge in [0.25, 0.3) is 0 Å². The second-order valence-electron chi connectivity index (χ2n) is 1.41. The van der Waals surface area contributed by atoms with Crippen LogP contribution in [0.15, 0.2) is 12.2 Å². The third-order valence-electron chi connectivity index (χ3n) is 0.693. The van der Waals surface area contributed by atoms with Crippen molar-refractivity contribution in [1.82, 2.24) is 0 Å². The Hall–Kier alpha value is -0.300. The number of rotatable bonds is 3. The minimum absolute atomic E-state index is 0.0995. The van der Waals surface area contributed by atoms with Crippen LogP contribution in [0, 0.1) is 0 Å². The van der Waals surface area contributed by atoms with Gasteiger partial charge in [0, 0.05) is 12.3 Å². The fraction of sp³-hybridized carbons (Fsp3) is 0.500. The van der Waals surface area contributed by atoms with Gasteiger partial charge in [0.1, 0.15) is 0 Å². The standard InChI is InChI=1S/C6H9ClO/c1-2-3-6(8)4-5-7/h2-3H,4-5H2,1H3/b3-2+. The Balaban J connectivity index is 3.33. The van der Waals surface area contributed by atoms with Crippen LogP contribution >= 0.6 is 11.6 Å². The van der Waals surface area contributed by atoms with E-state index in [0.717, 1.165) is 0 Å². The monoisotopic (exact) mass is 132 g/mol. The molecular formula is C6H9ClO. The van der Waals surface area contributed by atoms with Gasteiger partial charge >= 0.3 is 0 Å². The largest absolute Gasteiger partial charge is 0.295 e. The molecule has 46 valence electrons. The van der Waals surface area contributed by atoms with E-state index < -0.39 is 0 Å². The second kappa shape index (κ2) is 4.85. The maximum absolute atomic E-state index is 10.5. The fourth-order valence-electron chi connectivity index (χ4n) is 0.362. The Morgan fingerprint density at radius 2 is 2.38 bits per heavy atom. The van der Waals surface area contributed by atoms with Gasteiger partial charge in [0.15, 0.2) is 5.78 Å². The summed E-state index contributed by atoms with van der Waals surface area (Å²) in [6, 6.07) is 0. The van der Waals surface area contributed by atoms with Crippen molar-refractivity contribution >= 4 is 17.4 Å². The van der Waals surface area contributed by atoms with Gasteiger partial charge in [-0.05, 0) is 13.0 Å². The minimum atomic E-state index is 0.0995. The Kier molecular flexibility index (Phi) is 4.67. The number of carbonyl (C=O) groups excluding carboxylic acids is 1. The molecule has 0 amide bonds. The molecule has 0 radical (unpaired) electrons. The highest BCUT2D eigenvalue weighted by molar-refractivity contribution is 6.19. The summed E-state index contributed by atoms with van der Waals surface area (Å²) in [6.07, 6.45) is 3.70. The minimum Gasteiger partial charge on any atom is -0.295 e. The van der Waals surface area contributed by atoms with Crippen molar-refractivity contribution in [3.05, 3.63) is 12.2 Å². The van der Waals surface area contributed by atoms with Crippen molar-refractivity contribution in [2.75, 3.05) is 5.88 Å². The quantitative estimate of drug-likeness (QED) is 0.423. The van der Waals surface area contributed by atoms with Crippen LogP contribution in [0.5, 0.6) is 0 Å². The molecule has 0 rings (SSSR count). The Morgan fingerprint density at radius 3 is 2.75 bits per heavy atom. The molecule has 2 heteroatoms. The summed E-state index contributed by atoms with van der Waals surface area (Å²) in [4.78, 5) is 10.5. The number of hydrogen-bond acceptors (Lipinski definition) is 1. The number of carbonyl (C=O) groups is 1. The molecule has 0 aliphatic heterocycles. The zero-order chi connectivity index (χ0) is 6.41. The normalized spacial score (nSPS) is 10.2. The van der Waals surface area contributed by atoms with Gasteiger partial charge in [0.2, 0.25) is 0 Å². The molecule has 0 spiro atoms. The van der Waals surface area contributed by atoms with E-state index in [9.17, 15) is 4.79 Å². The lowest BCUT2D eigenvalue weighted by Gasteiger charge is -1.83. The van der Waals surface area contributed by atoms with Gasteiger partial charge in [-0.2, -0.15) is 0 Å². The highest BCUT2D eigenvalue weighted by atomic mass is 35.5. The Labute approximate surface area is 54.3 Å². The highest BCUT2D eigenvalue weighted by Crippen LogP contribution is 1.87. The highest BCUT2D eigenvalue weighted by Gasteiger charge is 1.90. The Morgan fingerprint density at radius 1 is 1.75 bits per heavy atom. The summed E-state index contributed by atoms with van der Waals surface area (Å²) in [6.45, 7) is 1.81. The number of alkyl halides is 1. The molecule has 0 aliphatic rings. The summed E-state index contributed by atoms with van der Waals surface area (Å²) < 4.78 is 0. The van der Waals surface area contributed by atoms with Crippen LogP contribution in [-0.4, -0.2) is 11.7 Å². The van der Waals surface area contributed by atoms with Gasteiger partial charge in [-0.1, -0.05) is 6.08 Å². The van der Waals surface area contributed by atoms with Gasteiger partial charge < -0.3 is 0 Å². The molecule has 0 N–H and O–H groups in total. The molecule has 0 unspecified atom stereocenters. The molecule has 1 nitrogen and oxygen atoms in total. The fourth-order valence-corrected chi connectivity index (χ4v) is 0.549. The number of halogens is 1. The van der Waals surface area contributed by atoms with Crippen LogP contribution in [0.1, 0.15) is 13.3 Å². The van der Waals surface area contributed by atoms with Crippen LogP contribution in [0.4, 0.5) is 0 Å². The van der Waals surface area contributed by atoms with Crippen molar-refractivity contribution < 1.29 is 4.79 Å². The summed E-state index contributed by atoms with van der Waals surface area (Å²) >= 11 is 5.28. The molecule has 8 heavy (non-hydrogen) atoms. The lowest BCUT2D eigenvalue weighted by Crippen LogP contribution is -1.91. The lowest BCUT2D eigenvalue weighted by atomic mass is 10.3. The molecular weight excluding hydrogens is 124 g/mol. The van der Waals surface area contributed by atoms with Gasteiger partial charge in [0.05, 0.1) is 0 Å². The smallest absolute Gasteiger partial charge is 0.156 e. The molecule has 0 saturated heterocycles. The molecule has 0 heterocycles. The van der Waals surface area contributed by atoms with E-state index >= 15 is 0 Å². The lowest BCUT2D eigenvalue weighted by molar-refractivity contribution is -0.114. The summed E-state index contributed by atoms with van der Waals surface area (Å²) in [7, 11) is 0. The molecule has 0 bridgehead atoms. The zero-order valence-electron chi connectivity index (χ0n) is 4.86. The van der Waals surface area contributed by atoms with Crippen molar-refractivity contribution in [2.24, 2.45) is 0 Å². The van der Waals surface area contributed by atoms with Crippen molar-refractivity contribution in [3.8, 4) is 0 Å². The average Bonchev–Trinajstić information content (AvgIpc) is 1.68. The van der Waals surface area contributed by atoms with E-state index in [4.69, 9.17) is 11.6 Å². The molecule has 0 saturated carbocycles. The number of hydrogen-bond donors (Lipinski definition) is 0. The van der Waals surface area contributed by atoms with E-state index in [1.807, 2.05) is 6.92 Å². The summed E-state index contributed by atoms with van der Waals surface area (Å²) in [5.41, 5.74) is 0. The first-order chi connectivity index (χ1) is 3.81. The summed E-state index contributed by atoms with van der Waals surface area (Å²) in [5.74, 6) is 0.519. The first-order valence-corrected chi connectivity index (χ1v) is 3.06. The second-order valence-corrected chi connectivity index (χ2v) is 1.78. The topological polar surface area (TPSA) is 17.1 Å². The molecule has 0 fully saturated rings. The average molecular weight is 133 g/mol. The predicted octanol–water partition coefficient (Wildman–Crippen LogP) is 1.76. The van der Waals surface area contributed by atoms with Gasteiger partial charge in [-0.15, -0.1) is 11.6 Å². The Bertz CT molecular complexity index is 96.7. The maximum atomic E-state index is 10.5. The van der Waals surface area contributed by atoms with Crippen molar-refractivity contribution in [3.63, 3.8) is 0 Å². The van der Waals surface area contributed by atoms with E-state index in [2.05, 4.69) is 0 Å². The van der Waals surface area contributed by atoms with Crippen molar-refractivity contribution in [2.45, 2.75) is 13.3 Å². The summed E-state index contributed by atoms with van der Waals surface area (Å²) in [5, 5.41) is 0. The van der Waals surface area contributed by atoms with Crippen LogP contribution in [0.2, 0.25) is 0 Å². The first kappa shape index (κ1) is 7.70. The molecule has 0 aliphatic carbocycles. The van der Waals surface area contributed by atoms with Crippen LogP contribution < -0.4 is 0 Å². The number of ketones is 1. The van der Waals surface area contributed by atoms with Crippen LogP contribution in [0.25, 0.3) is 0 Å². The SMILES string of the molecule is C/C=C/C(=O)CCCl. The first-order valence-electron chi connectivity index (χ1n) is 2.52. The van der Waals surface area contributed by atoms with Crippen LogP contribution in [-0.2, 0) is 4.79 Å². The zero-order valence-corrected chi connectivity index (χ0v) is 5.61. The maximum Gasteiger partial charge on any atom is 0.156 e. The number of allylic oxidation sites excluding steroid dienone is 2. The van der Waals surface area contributed by atoms with Gasteiger partial charge in [-0.25, -0.2) is 0 Å². The third-order valence-corrected chi connectivity index (χ3v) is 0.882. The molecule has 0 aromatic rings. The molecule has 0 atom stereocenters.